The van der Waals surface area contributed by atoms with E-state index in [-0.39, 0.29) is 0 Å². The second-order valence-corrected chi connectivity index (χ2v) is 14.5. The maximum absolute atomic E-state index is 7.07. The van der Waals surface area contributed by atoms with Crippen LogP contribution in [0.4, 0.5) is 17.1 Å². The van der Waals surface area contributed by atoms with Gasteiger partial charge in [0.25, 0.3) is 0 Å². The molecule has 0 spiro atoms. The summed E-state index contributed by atoms with van der Waals surface area (Å²) in [7, 11) is 0. The monoisotopic (exact) mass is 649 g/mol. The Balaban J connectivity index is 1.20. The van der Waals surface area contributed by atoms with E-state index in [0.717, 1.165) is 28.2 Å². The number of anilines is 3. The van der Waals surface area contributed by atoms with E-state index in [1.54, 1.807) is 0 Å². The summed E-state index contributed by atoms with van der Waals surface area (Å²) in [6.45, 7) is 0. The van der Waals surface area contributed by atoms with E-state index in [2.05, 4.69) is 150 Å². The van der Waals surface area contributed by atoms with Gasteiger partial charge in [0.2, 0.25) is 0 Å². The van der Waals surface area contributed by atoms with Crippen molar-refractivity contribution in [2.45, 2.75) is 38.0 Å². The summed E-state index contributed by atoms with van der Waals surface area (Å²) >= 11 is 1.87. The van der Waals surface area contributed by atoms with Crippen LogP contribution in [0.3, 0.4) is 0 Å². The topological polar surface area (TPSA) is 16.4 Å². The van der Waals surface area contributed by atoms with Crippen molar-refractivity contribution < 1.29 is 4.42 Å². The van der Waals surface area contributed by atoms with Gasteiger partial charge in [-0.25, -0.2) is 0 Å². The molecule has 0 N–H and O–H groups in total. The van der Waals surface area contributed by atoms with Crippen molar-refractivity contribution in [3.63, 3.8) is 0 Å². The van der Waals surface area contributed by atoms with E-state index in [1.807, 2.05) is 11.3 Å². The summed E-state index contributed by atoms with van der Waals surface area (Å²) in [4.78, 5) is 2.43. The van der Waals surface area contributed by atoms with Crippen LogP contribution in [-0.2, 0) is 0 Å². The molecule has 1 saturated carbocycles. The Bertz CT molecular complexity index is 2650. The highest BCUT2D eigenvalue weighted by molar-refractivity contribution is 7.26. The van der Waals surface area contributed by atoms with Gasteiger partial charge in [-0.05, 0) is 76.6 Å². The SMILES string of the molecule is c1ccc2c(-c3ccc(N(c4cccc5c4oc4c(C6CCCCC6)cccc45)c4cccc5c4sc4ccccc45)cc3)cccc2c1. The fraction of sp³-hybridized carbons (Fsp3) is 0.130. The van der Waals surface area contributed by atoms with E-state index in [9.17, 15) is 0 Å². The number of para-hydroxylation sites is 2. The average Bonchev–Trinajstić information content (AvgIpc) is 3.75. The van der Waals surface area contributed by atoms with Crippen molar-refractivity contribution in [3.05, 3.63) is 151 Å². The average molecular weight is 650 g/mol. The van der Waals surface area contributed by atoms with Crippen molar-refractivity contribution in [1.82, 2.24) is 0 Å². The van der Waals surface area contributed by atoms with Gasteiger partial charge in [-0.15, -0.1) is 11.3 Å². The molecule has 2 aromatic heterocycles. The van der Waals surface area contributed by atoms with Gasteiger partial charge in [0.05, 0.1) is 16.1 Å². The van der Waals surface area contributed by atoms with Gasteiger partial charge >= 0.3 is 0 Å². The zero-order chi connectivity index (χ0) is 32.3. The second kappa shape index (κ2) is 11.6. The predicted molar refractivity (Wildman–Crippen MR) is 210 cm³/mol. The van der Waals surface area contributed by atoms with Crippen LogP contribution in [0.25, 0.3) is 64.0 Å². The van der Waals surface area contributed by atoms with Crippen LogP contribution in [0, 0.1) is 0 Å². The fourth-order valence-electron chi connectivity index (χ4n) is 8.32. The second-order valence-electron chi connectivity index (χ2n) is 13.5. The molecule has 0 amide bonds. The molecule has 7 aromatic carbocycles. The molecule has 0 unspecified atom stereocenters. The first-order chi connectivity index (χ1) is 24.3. The van der Waals surface area contributed by atoms with E-state index in [4.69, 9.17) is 4.42 Å². The minimum Gasteiger partial charge on any atom is -0.454 e. The van der Waals surface area contributed by atoms with E-state index < -0.39 is 0 Å². The Morgan fingerprint density at radius 3 is 2.02 bits per heavy atom. The number of hydrogen-bond donors (Lipinski definition) is 0. The van der Waals surface area contributed by atoms with Gasteiger partial charge in [0.15, 0.2) is 5.58 Å². The molecule has 0 bridgehead atoms. The first-order valence-corrected chi connectivity index (χ1v) is 18.4. The molecule has 9 aromatic rings. The smallest absolute Gasteiger partial charge is 0.159 e. The molecule has 3 heteroatoms. The summed E-state index contributed by atoms with van der Waals surface area (Å²) in [5.74, 6) is 0.562. The highest BCUT2D eigenvalue weighted by Crippen LogP contribution is 2.48. The molecule has 0 saturated heterocycles. The minimum absolute atomic E-state index is 0.562. The predicted octanol–water partition coefficient (Wildman–Crippen LogP) is 14.3. The standard InChI is InChI=1S/C46H35NOS/c1-2-12-31(13-3-1)36-19-9-20-38-39-21-10-23-41(45(39)48-44(36)38)47(42-24-11-22-40-37-17-6-7-25-43(37)49-46(40)42)33-28-26-32(27-29-33)35-18-8-15-30-14-4-5-16-34(30)35/h4-11,14-29,31H,1-3,12-13H2. The zero-order valence-corrected chi connectivity index (χ0v) is 28.0. The molecule has 2 nitrogen and oxygen atoms in total. The third kappa shape index (κ3) is 4.68. The van der Waals surface area contributed by atoms with Gasteiger partial charge in [0.1, 0.15) is 5.58 Å². The molecular formula is C46H35NOS. The van der Waals surface area contributed by atoms with Crippen LogP contribution in [0.2, 0.25) is 0 Å². The van der Waals surface area contributed by atoms with Crippen LogP contribution < -0.4 is 4.90 Å². The van der Waals surface area contributed by atoms with Gasteiger partial charge in [-0.3, -0.25) is 0 Å². The molecule has 49 heavy (non-hydrogen) atoms. The lowest BCUT2D eigenvalue weighted by Crippen LogP contribution is -2.10. The molecule has 1 aliphatic rings. The lowest BCUT2D eigenvalue weighted by Gasteiger charge is -2.26. The fourth-order valence-corrected chi connectivity index (χ4v) is 9.53. The molecule has 2 heterocycles. The molecule has 1 aliphatic carbocycles. The highest BCUT2D eigenvalue weighted by atomic mass is 32.1. The molecule has 0 aliphatic heterocycles. The summed E-state index contributed by atoms with van der Waals surface area (Å²) in [6, 6.07) is 53.3. The van der Waals surface area contributed by atoms with Crippen LogP contribution in [0.1, 0.15) is 43.6 Å². The third-order valence-corrected chi connectivity index (χ3v) is 11.9. The molecule has 10 rings (SSSR count). The normalized spacial score (nSPS) is 14.0. The quantitative estimate of drug-likeness (QED) is 0.184. The van der Waals surface area contributed by atoms with Crippen LogP contribution in [0.15, 0.2) is 150 Å². The summed E-state index contributed by atoms with van der Waals surface area (Å²) < 4.78 is 9.64. The zero-order valence-electron chi connectivity index (χ0n) is 27.2. The van der Waals surface area contributed by atoms with Crippen LogP contribution in [0.5, 0.6) is 0 Å². The van der Waals surface area contributed by atoms with E-state index in [1.165, 1.54) is 90.5 Å². The molecule has 0 radical (unpaired) electrons. The molecule has 1 fully saturated rings. The Morgan fingerprint density at radius 2 is 1.16 bits per heavy atom. The Labute approximate surface area is 289 Å². The Kier molecular flexibility index (Phi) is 6.80. The number of thiophene rings is 1. The number of fused-ring (bicyclic) bond motifs is 7. The Morgan fingerprint density at radius 1 is 0.510 bits per heavy atom. The van der Waals surface area contributed by atoms with Crippen molar-refractivity contribution >= 4 is 81.3 Å². The van der Waals surface area contributed by atoms with Crippen molar-refractivity contribution in [3.8, 4) is 11.1 Å². The summed E-state index contributed by atoms with van der Waals surface area (Å²) in [5.41, 5.74) is 9.16. The lowest BCUT2D eigenvalue weighted by atomic mass is 9.83. The third-order valence-electron chi connectivity index (χ3n) is 10.7. The lowest BCUT2D eigenvalue weighted by molar-refractivity contribution is 0.442. The number of rotatable bonds is 5. The summed E-state index contributed by atoms with van der Waals surface area (Å²) in [5, 5.41) is 7.50. The molecule has 236 valence electrons. The highest BCUT2D eigenvalue weighted by Gasteiger charge is 2.25. The Hall–Kier alpha value is -5.38. The van der Waals surface area contributed by atoms with Crippen molar-refractivity contribution in [2.24, 2.45) is 0 Å². The van der Waals surface area contributed by atoms with Gasteiger partial charge in [-0.1, -0.05) is 135 Å². The number of hydrogen-bond acceptors (Lipinski definition) is 3. The first kappa shape index (κ1) is 28.6. The van der Waals surface area contributed by atoms with Gasteiger partial charge < -0.3 is 9.32 Å². The maximum atomic E-state index is 7.07. The van der Waals surface area contributed by atoms with E-state index in [0.29, 0.717) is 5.92 Å². The minimum atomic E-state index is 0.562. The van der Waals surface area contributed by atoms with Gasteiger partial charge in [-0.2, -0.15) is 0 Å². The number of furan rings is 1. The molecule has 0 atom stereocenters. The number of nitrogens with zero attached hydrogens (tertiary/aromatic N) is 1. The summed E-state index contributed by atoms with van der Waals surface area (Å²) in [6.07, 6.45) is 6.43. The molecular weight excluding hydrogens is 615 g/mol. The van der Waals surface area contributed by atoms with Crippen LogP contribution in [-0.4, -0.2) is 0 Å². The van der Waals surface area contributed by atoms with E-state index >= 15 is 0 Å². The number of benzene rings is 7. The van der Waals surface area contributed by atoms with Gasteiger partial charge in [0, 0.05) is 31.9 Å². The first-order valence-electron chi connectivity index (χ1n) is 17.5. The van der Waals surface area contributed by atoms with Crippen molar-refractivity contribution in [1.29, 1.82) is 0 Å². The largest absolute Gasteiger partial charge is 0.454 e. The van der Waals surface area contributed by atoms with Crippen molar-refractivity contribution in [2.75, 3.05) is 4.90 Å². The maximum Gasteiger partial charge on any atom is 0.159 e. The van der Waals surface area contributed by atoms with Crippen LogP contribution >= 0.6 is 11.3 Å².